The molecule has 0 saturated heterocycles. The van der Waals surface area contributed by atoms with Crippen molar-refractivity contribution in [1.29, 1.82) is 0 Å². The summed E-state index contributed by atoms with van der Waals surface area (Å²) in [5.41, 5.74) is 1.95. The molecule has 0 aliphatic carbocycles. The van der Waals surface area contributed by atoms with Crippen LogP contribution in [0.3, 0.4) is 0 Å². The predicted molar refractivity (Wildman–Crippen MR) is 66.4 cm³/mol. The van der Waals surface area contributed by atoms with Crippen molar-refractivity contribution in [2.24, 2.45) is 0 Å². The number of rotatable bonds is 3. The van der Waals surface area contributed by atoms with Gasteiger partial charge in [-0.1, -0.05) is 6.08 Å². The Morgan fingerprint density at radius 3 is 2.88 bits per heavy atom. The Morgan fingerprint density at radius 1 is 1.47 bits per heavy atom. The van der Waals surface area contributed by atoms with E-state index in [2.05, 4.69) is 10.2 Å². The molecule has 0 radical (unpaired) electrons. The summed E-state index contributed by atoms with van der Waals surface area (Å²) in [5.74, 6) is 0.687. The predicted octanol–water partition coefficient (Wildman–Crippen LogP) is 2.72. The molecule has 0 aliphatic heterocycles. The number of aromatic nitrogens is 2. The Labute approximate surface area is 99.3 Å². The number of hydrogen-bond donors (Lipinski definition) is 1. The lowest BCUT2D eigenvalue weighted by Crippen LogP contribution is -2.01. The van der Waals surface area contributed by atoms with E-state index in [0.29, 0.717) is 11.3 Å². The van der Waals surface area contributed by atoms with Gasteiger partial charge in [0, 0.05) is 11.5 Å². The first-order valence-electron chi connectivity index (χ1n) is 5.37. The summed E-state index contributed by atoms with van der Waals surface area (Å²) in [7, 11) is 1.60. The van der Waals surface area contributed by atoms with E-state index in [9.17, 15) is 4.79 Å². The Kier molecular flexibility index (Phi) is 2.95. The summed E-state index contributed by atoms with van der Waals surface area (Å²) in [4.78, 5) is 12.0. The van der Waals surface area contributed by atoms with Crippen LogP contribution in [0.1, 0.15) is 24.3 Å². The average Bonchev–Trinajstić information content (AvgIpc) is 2.79. The molecule has 0 fully saturated rings. The van der Waals surface area contributed by atoms with Gasteiger partial charge in [0.1, 0.15) is 11.4 Å². The molecule has 1 aromatic heterocycles. The quantitative estimate of drug-likeness (QED) is 0.651. The first-order chi connectivity index (χ1) is 8.17. The zero-order chi connectivity index (χ0) is 12.4. The second-order valence-corrected chi connectivity index (χ2v) is 3.78. The maximum Gasteiger partial charge on any atom is 0.209 e. The number of carbonyl (C=O) groups excluding carboxylic acids is 1. The summed E-state index contributed by atoms with van der Waals surface area (Å²) in [6.07, 6.45) is 1.78. The van der Waals surface area contributed by atoms with Crippen LogP contribution in [0.25, 0.3) is 10.9 Å². The van der Waals surface area contributed by atoms with E-state index < -0.39 is 0 Å². The molecule has 2 aromatic rings. The van der Waals surface area contributed by atoms with E-state index in [0.717, 1.165) is 16.7 Å². The maximum atomic E-state index is 12.0. The van der Waals surface area contributed by atoms with Crippen molar-refractivity contribution in [2.75, 3.05) is 7.11 Å². The minimum atomic E-state index is -0.0519. The maximum absolute atomic E-state index is 12.0. The van der Waals surface area contributed by atoms with E-state index >= 15 is 0 Å². The molecule has 4 heteroatoms. The smallest absolute Gasteiger partial charge is 0.209 e. The molecule has 4 nitrogen and oxygen atoms in total. The number of ketones is 1. The fourth-order valence-electron chi connectivity index (χ4n) is 1.62. The van der Waals surface area contributed by atoms with Crippen molar-refractivity contribution < 1.29 is 9.53 Å². The largest absolute Gasteiger partial charge is 0.497 e. The van der Waals surface area contributed by atoms with Crippen molar-refractivity contribution in [3.8, 4) is 5.75 Å². The van der Waals surface area contributed by atoms with Gasteiger partial charge in [-0.25, -0.2) is 0 Å². The number of hydrogen-bond acceptors (Lipinski definition) is 3. The standard InChI is InChI=1S/C13H14N2O2/c1-4-8(2)13(16)12-10-6-5-9(17-3)7-11(10)14-15-12/h4-7H,1-3H3,(H,14,15)/b8-4+. The number of fused-ring (bicyclic) bond motifs is 1. The number of aromatic amines is 1. The van der Waals surface area contributed by atoms with E-state index in [4.69, 9.17) is 4.74 Å². The second kappa shape index (κ2) is 4.41. The molecule has 0 aliphatic rings. The number of allylic oxidation sites excluding steroid dienone is 2. The second-order valence-electron chi connectivity index (χ2n) is 3.78. The highest BCUT2D eigenvalue weighted by Gasteiger charge is 2.15. The van der Waals surface area contributed by atoms with Gasteiger partial charge in [0.2, 0.25) is 5.78 Å². The molecular formula is C13H14N2O2. The van der Waals surface area contributed by atoms with Crippen molar-refractivity contribution in [3.63, 3.8) is 0 Å². The number of benzene rings is 1. The molecule has 0 bridgehead atoms. The number of ether oxygens (including phenoxy) is 1. The van der Waals surface area contributed by atoms with Gasteiger partial charge >= 0.3 is 0 Å². The molecule has 88 valence electrons. The minimum Gasteiger partial charge on any atom is -0.497 e. The molecular weight excluding hydrogens is 216 g/mol. The van der Waals surface area contributed by atoms with Gasteiger partial charge in [-0.05, 0) is 31.6 Å². The molecule has 1 heterocycles. The number of carbonyl (C=O) groups is 1. The van der Waals surface area contributed by atoms with Crippen LogP contribution >= 0.6 is 0 Å². The third-order valence-electron chi connectivity index (χ3n) is 2.78. The lowest BCUT2D eigenvalue weighted by atomic mass is 10.1. The SMILES string of the molecule is C/C=C(\C)C(=O)c1n[nH]c2cc(OC)ccc12. The molecule has 0 amide bonds. The Balaban J connectivity index is 2.54. The molecule has 2 rings (SSSR count). The Hall–Kier alpha value is -2.10. The van der Waals surface area contributed by atoms with Crippen LogP contribution in [-0.2, 0) is 0 Å². The normalized spacial score (nSPS) is 11.8. The highest BCUT2D eigenvalue weighted by Crippen LogP contribution is 2.23. The molecule has 17 heavy (non-hydrogen) atoms. The van der Waals surface area contributed by atoms with Crippen molar-refractivity contribution in [2.45, 2.75) is 13.8 Å². The van der Waals surface area contributed by atoms with E-state index in [-0.39, 0.29) is 5.78 Å². The summed E-state index contributed by atoms with van der Waals surface area (Å²) >= 11 is 0. The van der Waals surface area contributed by atoms with Gasteiger partial charge in [-0.15, -0.1) is 0 Å². The highest BCUT2D eigenvalue weighted by molar-refractivity contribution is 6.14. The van der Waals surface area contributed by atoms with Gasteiger partial charge in [-0.3, -0.25) is 9.89 Å². The zero-order valence-electron chi connectivity index (χ0n) is 10.1. The summed E-state index contributed by atoms with van der Waals surface area (Å²) in [6.45, 7) is 3.62. The average molecular weight is 230 g/mol. The topological polar surface area (TPSA) is 55.0 Å². The van der Waals surface area contributed by atoms with Gasteiger partial charge in [0.25, 0.3) is 0 Å². The van der Waals surface area contributed by atoms with Crippen LogP contribution in [0.15, 0.2) is 29.8 Å². The lowest BCUT2D eigenvalue weighted by molar-refractivity contribution is 0.103. The lowest BCUT2D eigenvalue weighted by Gasteiger charge is -1.99. The van der Waals surface area contributed by atoms with Crippen LogP contribution in [0.2, 0.25) is 0 Å². The number of nitrogens with one attached hydrogen (secondary N) is 1. The molecule has 0 unspecified atom stereocenters. The molecule has 0 spiro atoms. The molecule has 1 N–H and O–H groups in total. The van der Waals surface area contributed by atoms with E-state index in [1.54, 1.807) is 20.1 Å². The van der Waals surface area contributed by atoms with Crippen LogP contribution < -0.4 is 4.74 Å². The fourth-order valence-corrected chi connectivity index (χ4v) is 1.62. The van der Waals surface area contributed by atoms with E-state index in [1.165, 1.54) is 0 Å². The number of nitrogens with zero attached hydrogens (tertiary/aromatic N) is 1. The van der Waals surface area contributed by atoms with Gasteiger partial charge < -0.3 is 4.74 Å². The first-order valence-corrected chi connectivity index (χ1v) is 5.37. The van der Waals surface area contributed by atoms with Crippen LogP contribution in [0, 0.1) is 0 Å². The monoisotopic (exact) mass is 230 g/mol. The highest BCUT2D eigenvalue weighted by atomic mass is 16.5. The van der Waals surface area contributed by atoms with Crippen LogP contribution in [0.5, 0.6) is 5.75 Å². The first kappa shape index (κ1) is 11.4. The molecule has 0 saturated carbocycles. The molecule has 1 aromatic carbocycles. The van der Waals surface area contributed by atoms with Crippen molar-refractivity contribution in [1.82, 2.24) is 10.2 Å². The van der Waals surface area contributed by atoms with Gasteiger partial charge in [0.15, 0.2) is 0 Å². The fraction of sp³-hybridized carbons (Fsp3) is 0.231. The number of H-pyrrole nitrogens is 1. The summed E-state index contributed by atoms with van der Waals surface area (Å²) < 4.78 is 5.12. The Morgan fingerprint density at radius 2 is 2.24 bits per heavy atom. The minimum absolute atomic E-state index is 0.0519. The molecule has 0 atom stereocenters. The third kappa shape index (κ3) is 1.93. The van der Waals surface area contributed by atoms with Gasteiger partial charge in [-0.2, -0.15) is 5.10 Å². The van der Waals surface area contributed by atoms with E-state index in [1.807, 2.05) is 25.1 Å². The summed E-state index contributed by atoms with van der Waals surface area (Å²) in [5, 5.41) is 7.73. The van der Waals surface area contributed by atoms with Crippen molar-refractivity contribution in [3.05, 3.63) is 35.5 Å². The van der Waals surface area contributed by atoms with Crippen LogP contribution in [-0.4, -0.2) is 23.1 Å². The van der Waals surface area contributed by atoms with Gasteiger partial charge in [0.05, 0.1) is 12.6 Å². The summed E-state index contributed by atoms with van der Waals surface area (Å²) in [6, 6.07) is 5.48. The number of Topliss-reactive ketones (excluding diaryl/α,β-unsaturated/α-hetero) is 1. The number of methoxy groups -OCH3 is 1. The Bertz CT molecular complexity index is 596. The zero-order valence-corrected chi connectivity index (χ0v) is 10.1. The van der Waals surface area contributed by atoms with Crippen LogP contribution in [0.4, 0.5) is 0 Å². The third-order valence-corrected chi connectivity index (χ3v) is 2.78. The van der Waals surface area contributed by atoms with Crippen molar-refractivity contribution >= 4 is 16.7 Å².